The Kier molecular flexibility index (Phi) is 3.76. The molecule has 1 aromatic heterocycles. The first-order valence-electron chi connectivity index (χ1n) is 5.67. The van der Waals surface area contributed by atoms with Gasteiger partial charge in [0.15, 0.2) is 0 Å². The molecule has 100 valence electrons. The minimum atomic E-state index is -0.282. The van der Waals surface area contributed by atoms with Crippen LogP contribution >= 0.6 is 11.6 Å². The van der Waals surface area contributed by atoms with Crippen LogP contribution in [0, 0.1) is 6.92 Å². The second-order valence-electron chi connectivity index (χ2n) is 4.09. The van der Waals surface area contributed by atoms with Gasteiger partial charge in [0.1, 0.15) is 5.56 Å². The Balaban J connectivity index is 2.28. The highest BCUT2D eigenvalue weighted by atomic mass is 35.5. The highest BCUT2D eigenvalue weighted by molar-refractivity contribution is 6.31. The number of hydrogen-bond acceptors (Lipinski definition) is 3. The van der Waals surface area contributed by atoms with Gasteiger partial charge in [-0.2, -0.15) is 0 Å². The molecule has 0 aliphatic carbocycles. The van der Waals surface area contributed by atoms with Crippen molar-refractivity contribution in [2.24, 2.45) is 7.05 Å². The van der Waals surface area contributed by atoms with Crippen LogP contribution in [-0.2, 0) is 7.05 Å². The van der Waals surface area contributed by atoms with E-state index >= 15 is 0 Å². The fourth-order valence-electron chi connectivity index (χ4n) is 1.71. The fourth-order valence-corrected chi connectivity index (χ4v) is 1.88. The molecule has 0 aliphatic heterocycles. The van der Waals surface area contributed by atoms with Crippen LogP contribution in [0.25, 0.3) is 0 Å². The molecule has 0 saturated heterocycles. The van der Waals surface area contributed by atoms with Gasteiger partial charge in [0, 0.05) is 24.0 Å². The molecule has 0 radical (unpaired) electrons. The quantitative estimate of drug-likeness (QED) is 0.940. The lowest BCUT2D eigenvalue weighted by molar-refractivity contribution is 0.102. The maximum absolute atomic E-state index is 12.2. The molecule has 1 amide bonds. The van der Waals surface area contributed by atoms with Crippen molar-refractivity contribution >= 4 is 23.2 Å². The number of aromatic nitrogens is 2. The lowest BCUT2D eigenvalue weighted by atomic mass is 10.2. The highest BCUT2D eigenvalue weighted by Gasteiger charge is 2.17. The summed E-state index contributed by atoms with van der Waals surface area (Å²) in [5.74, 6) is 0.00926. The Morgan fingerprint density at radius 1 is 1.47 bits per heavy atom. The lowest BCUT2D eigenvalue weighted by Crippen LogP contribution is -2.13. The SMILES string of the molecule is COc1nn(C)cc1C(=O)Nc1cccc(Cl)c1C. The summed E-state index contributed by atoms with van der Waals surface area (Å²) in [5.41, 5.74) is 1.87. The van der Waals surface area contributed by atoms with Crippen molar-refractivity contribution in [3.63, 3.8) is 0 Å². The minimum Gasteiger partial charge on any atom is -0.479 e. The molecule has 1 N–H and O–H groups in total. The molecular weight excluding hydrogens is 266 g/mol. The highest BCUT2D eigenvalue weighted by Crippen LogP contribution is 2.24. The molecule has 0 saturated carbocycles. The molecule has 19 heavy (non-hydrogen) atoms. The molecule has 0 fully saturated rings. The number of nitrogens with one attached hydrogen (secondary N) is 1. The number of hydrogen-bond donors (Lipinski definition) is 1. The summed E-state index contributed by atoms with van der Waals surface area (Å²) in [6.45, 7) is 1.85. The summed E-state index contributed by atoms with van der Waals surface area (Å²) >= 11 is 6.01. The largest absolute Gasteiger partial charge is 0.479 e. The number of methoxy groups -OCH3 is 1. The van der Waals surface area contributed by atoms with Gasteiger partial charge in [0.25, 0.3) is 5.91 Å². The molecule has 1 heterocycles. The topological polar surface area (TPSA) is 56.2 Å². The Morgan fingerprint density at radius 3 is 2.89 bits per heavy atom. The van der Waals surface area contributed by atoms with Crippen molar-refractivity contribution in [3.8, 4) is 5.88 Å². The third-order valence-electron chi connectivity index (χ3n) is 2.75. The first kappa shape index (κ1) is 13.4. The number of carbonyl (C=O) groups excluding carboxylic acids is 1. The number of ether oxygens (including phenoxy) is 1. The van der Waals surface area contributed by atoms with Gasteiger partial charge in [0.05, 0.1) is 7.11 Å². The van der Waals surface area contributed by atoms with E-state index < -0.39 is 0 Å². The third-order valence-corrected chi connectivity index (χ3v) is 3.16. The van der Waals surface area contributed by atoms with Gasteiger partial charge in [-0.3, -0.25) is 9.48 Å². The van der Waals surface area contributed by atoms with Gasteiger partial charge in [-0.05, 0) is 24.6 Å². The van der Waals surface area contributed by atoms with Crippen LogP contribution in [-0.4, -0.2) is 22.8 Å². The van der Waals surface area contributed by atoms with Crippen molar-refractivity contribution in [2.45, 2.75) is 6.92 Å². The number of anilines is 1. The monoisotopic (exact) mass is 279 g/mol. The summed E-state index contributed by atoms with van der Waals surface area (Å²) in [6, 6.07) is 5.35. The molecule has 5 nitrogen and oxygen atoms in total. The number of carbonyl (C=O) groups is 1. The predicted molar refractivity (Wildman–Crippen MR) is 73.9 cm³/mol. The summed E-state index contributed by atoms with van der Waals surface area (Å²) < 4.78 is 6.59. The summed E-state index contributed by atoms with van der Waals surface area (Å²) in [6.07, 6.45) is 1.61. The fraction of sp³-hybridized carbons (Fsp3) is 0.231. The average Bonchev–Trinajstić information content (AvgIpc) is 2.76. The van der Waals surface area contributed by atoms with E-state index in [0.717, 1.165) is 5.56 Å². The summed E-state index contributed by atoms with van der Waals surface area (Å²) in [7, 11) is 3.20. The number of amides is 1. The molecule has 2 aromatic rings. The smallest absolute Gasteiger partial charge is 0.262 e. The van der Waals surface area contributed by atoms with Crippen LogP contribution in [0.5, 0.6) is 5.88 Å². The number of benzene rings is 1. The Bertz CT molecular complexity index is 622. The van der Waals surface area contributed by atoms with Crippen molar-refractivity contribution < 1.29 is 9.53 Å². The molecular formula is C13H14ClN3O2. The second kappa shape index (κ2) is 5.32. The van der Waals surface area contributed by atoms with E-state index in [1.807, 2.05) is 6.92 Å². The van der Waals surface area contributed by atoms with Crippen LogP contribution in [0.15, 0.2) is 24.4 Å². The van der Waals surface area contributed by atoms with Gasteiger partial charge >= 0.3 is 0 Å². The minimum absolute atomic E-state index is 0.282. The summed E-state index contributed by atoms with van der Waals surface area (Å²) in [4.78, 5) is 12.2. The van der Waals surface area contributed by atoms with Gasteiger partial charge in [-0.25, -0.2) is 0 Å². The van der Waals surface area contributed by atoms with Crippen LogP contribution in [0.1, 0.15) is 15.9 Å². The van der Waals surface area contributed by atoms with Crippen LogP contribution < -0.4 is 10.1 Å². The standard InChI is InChI=1S/C13H14ClN3O2/c1-8-10(14)5-4-6-11(8)15-12(18)9-7-17(2)16-13(9)19-3/h4-7H,1-3H3,(H,15,18). The van der Waals surface area contributed by atoms with Crippen LogP contribution in [0.2, 0.25) is 5.02 Å². The van der Waals surface area contributed by atoms with Gasteiger partial charge in [-0.1, -0.05) is 17.7 Å². The number of aryl methyl sites for hydroxylation is 1. The van der Waals surface area contributed by atoms with Crippen LogP contribution in [0.3, 0.4) is 0 Å². The molecule has 0 aliphatic rings. The lowest BCUT2D eigenvalue weighted by Gasteiger charge is -2.09. The van der Waals surface area contributed by atoms with Crippen molar-refractivity contribution in [1.82, 2.24) is 9.78 Å². The molecule has 6 heteroatoms. The predicted octanol–water partition coefficient (Wildman–Crippen LogP) is 2.64. The summed E-state index contributed by atoms with van der Waals surface area (Å²) in [5, 5.41) is 7.45. The zero-order valence-electron chi connectivity index (χ0n) is 10.9. The van der Waals surface area contributed by atoms with E-state index in [1.165, 1.54) is 11.8 Å². The van der Waals surface area contributed by atoms with E-state index in [9.17, 15) is 4.79 Å². The molecule has 0 bridgehead atoms. The van der Waals surface area contributed by atoms with E-state index in [2.05, 4.69) is 10.4 Å². The Morgan fingerprint density at radius 2 is 2.21 bits per heavy atom. The van der Waals surface area contributed by atoms with E-state index in [1.54, 1.807) is 31.4 Å². The molecule has 2 rings (SSSR count). The van der Waals surface area contributed by atoms with E-state index in [-0.39, 0.29) is 5.91 Å². The Hall–Kier alpha value is -2.01. The van der Waals surface area contributed by atoms with Crippen molar-refractivity contribution in [2.75, 3.05) is 12.4 Å². The first-order valence-corrected chi connectivity index (χ1v) is 6.05. The Labute approximate surface area is 116 Å². The van der Waals surface area contributed by atoms with Crippen LogP contribution in [0.4, 0.5) is 5.69 Å². The van der Waals surface area contributed by atoms with Crippen molar-refractivity contribution in [3.05, 3.63) is 40.5 Å². The number of rotatable bonds is 3. The normalized spacial score (nSPS) is 10.3. The third kappa shape index (κ3) is 2.71. The second-order valence-corrected chi connectivity index (χ2v) is 4.50. The van der Waals surface area contributed by atoms with Gasteiger partial charge in [-0.15, -0.1) is 5.10 Å². The zero-order valence-corrected chi connectivity index (χ0v) is 11.7. The van der Waals surface area contributed by atoms with Gasteiger partial charge in [0.2, 0.25) is 5.88 Å². The zero-order chi connectivity index (χ0) is 14.0. The number of nitrogens with zero attached hydrogens (tertiary/aromatic N) is 2. The molecule has 0 unspecified atom stereocenters. The average molecular weight is 280 g/mol. The maximum Gasteiger partial charge on any atom is 0.262 e. The van der Waals surface area contributed by atoms with Crippen molar-refractivity contribution in [1.29, 1.82) is 0 Å². The maximum atomic E-state index is 12.2. The van der Waals surface area contributed by atoms with Gasteiger partial charge < -0.3 is 10.1 Å². The molecule has 0 spiro atoms. The number of halogens is 1. The first-order chi connectivity index (χ1) is 9.02. The molecule has 0 atom stereocenters. The van der Waals surface area contributed by atoms with E-state index in [4.69, 9.17) is 16.3 Å². The molecule has 1 aromatic carbocycles. The van der Waals surface area contributed by atoms with E-state index in [0.29, 0.717) is 22.2 Å².